The van der Waals surface area contributed by atoms with Crippen molar-refractivity contribution in [3.05, 3.63) is 23.8 Å². The van der Waals surface area contributed by atoms with Crippen LogP contribution in [0.5, 0.6) is 5.75 Å². The maximum absolute atomic E-state index is 12.5. The zero-order chi connectivity index (χ0) is 18.1. The number of carbonyl (C=O) groups excluding carboxylic acids is 2. The molecule has 138 valence electrons. The summed E-state index contributed by atoms with van der Waals surface area (Å²) in [5.41, 5.74) is 6.60. The molecule has 0 radical (unpaired) electrons. The smallest absolute Gasteiger partial charge is 0.253 e. The van der Waals surface area contributed by atoms with E-state index in [4.69, 9.17) is 10.5 Å². The molecule has 0 aliphatic carbocycles. The second kappa shape index (κ2) is 10.0. The molecule has 3 N–H and O–H groups in total. The van der Waals surface area contributed by atoms with E-state index in [2.05, 4.69) is 5.32 Å². The SMILES string of the molecule is COc1ccc(C(=O)N2CCCC2)cc1NC(=O)CCCCCCN. The highest BCUT2D eigenvalue weighted by atomic mass is 16.5. The van der Waals surface area contributed by atoms with Crippen LogP contribution in [0, 0.1) is 0 Å². The average molecular weight is 347 g/mol. The lowest BCUT2D eigenvalue weighted by molar-refractivity contribution is -0.116. The van der Waals surface area contributed by atoms with E-state index in [1.807, 2.05) is 4.90 Å². The van der Waals surface area contributed by atoms with Crippen molar-refractivity contribution in [3.8, 4) is 5.75 Å². The minimum atomic E-state index is -0.0585. The number of rotatable bonds is 9. The van der Waals surface area contributed by atoms with Crippen molar-refractivity contribution < 1.29 is 14.3 Å². The first-order valence-electron chi connectivity index (χ1n) is 9.13. The first-order valence-corrected chi connectivity index (χ1v) is 9.13. The van der Waals surface area contributed by atoms with Crippen LogP contribution in [-0.2, 0) is 4.79 Å². The summed E-state index contributed by atoms with van der Waals surface area (Å²) in [5.74, 6) is 0.517. The number of unbranched alkanes of at least 4 members (excludes halogenated alkanes) is 3. The molecule has 1 aliphatic heterocycles. The van der Waals surface area contributed by atoms with Gasteiger partial charge in [-0.1, -0.05) is 12.8 Å². The number of hydrogen-bond donors (Lipinski definition) is 2. The van der Waals surface area contributed by atoms with Gasteiger partial charge < -0.3 is 20.7 Å². The number of methoxy groups -OCH3 is 1. The van der Waals surface area contributed by atoms with Gasteiger partial charge in [0, 0.05) is 25.1 Å². The van der Waals surface area contributed by atoms with Gasteiger partial charge in [-0.3, -0.25) is 9.59 Å². The molecule has 1 aromatic carbocycles. The number of amides is 2. The molecule has 2 amide bonds. The Morgan fingerprint density at radius 2 is 1.88 bits per heavy atom. The highest BCUT2D eigenvalue weighted by Gasteiger charge is 2.20. The largest absolute Gasteiger partial charge is 0.495 e. The van der Waals surface area contributed by atoms with Crippen molar-refractivity contribution in [2.24, 2.45) is 5.73 Å². The number of hydrogen-bond acceptors (Lipinski definition) is 4. The molecule has 0 atom stereocenters. The van der Waals surface area contributed by atoms with Crippen LogP contribution in [0.2, 0.25) is 0 Å². The summed E-state index contributed by atoms with van der Waals surface area (Å²) in [4.78, 5) is 26.5. The molecule has 1 aromatic rings. The molecular formula is C19H29N3O3. The molecule has 6 heteroatoms. The number of nitrogens with one attached hydrogen (secondary N) is 1. The van der Waals surface area contributed by atoms with Crippen LogP contribution in [0.15, 0.2) is 18.2 Å². The van der Waals surface area contributed by atoms with E-state index < -0.39 is 0 Å². The molecular weight excluding hydrogens is 318 g/mol. The second-order valence-electron chi connectivity index (χ2n) is 6.42. The van der Waals surface area contributed by atoms with Crippen molar-refractivity contribution in [1.29, 1.82) is 0 Å². The maximum atomic E-state index is 12.5. The van der Waals surface area contributed by atoms with E-state index in [0.29, 0.717) is 30.0 Å². The Morgan fingerprint density at radius 1 is 1.16 bits per heavy atom. The molecule has 25 heavy (non-hydrogen) atoms. The summed E-state index contributed by atoms with van der Waals surface area (Å²) < 4.78 is 5.31. The molecule has 1 aliphatic rings. The minimum Gasteiger partial charge on any atom is -0.495 e. The molecule has 0 bridgehead atoms. The highest BCUT2D eigenvalue weighted by Crippen LogP contribution is 2.27. The zero-order valence-corrected chi connectivity index (χ0v) is 15.1. The maximum Gasteiger partial charge on any atom is 0.253 e. The Bertz CT molecular complexity index is 583. The molecule has 1 fully saturated rings. The summed E-state index contributed by atoms with van der Waals surface area (Å²) in [5, 5.41) is 2.88. The number of carbonyl (C=O) groups is 2. The van der Waals surface area contributed by atoms with Crippen molar-refractivity contribution >= 4 is 17.5 Å². The summed E-state index contributed by atoms with van der Waals surface area (Å²) in [6.45, 7) is 2.30. The lowest BCUT2D eigenvalue weighted by Gasteiger charge is -2.17. The second-order valence-corrected chi connectivity index (χ2v) is 6.42. The van der Waals surface area contributed by atoms with Crippen molar-refractivity contribution in [2.45, 2.75) is 44.9 Å². The number of ether oxygens (including phenoxy) is 1. The highest BCUT2D eigenvalue weighted by molar-refractivity contribution is 5.98. The Kier molecular flexibility index (Phi) is 7.73. The Balaban J connectivity index is 1.96. The Morgan fingerprint density at radius 3 is 2.56 bits per heavy atom. The molecule has 0 aromatic heterocycles. The van der Waals surface area contributed by atoms with Gasteiger partial charge in [-0.05, 0) is 50.4 Å². The average Bonchev–Trinajstić information content (AvgIpc) is 3.15. The quantitative estimate of drug-likeness (QED) is 0.673. The van der Waals surface area contributed by atoms with Gasteiger partial charge in [0.05, 0.1) is 12.8 Å². The molecule has 0 saturated carbocycles. The molecule has 0 unspecified atom stereocenters. The van der Waals surface area contributed by atoms with Crippen LogP contribution in [-0.4, -0.2) is 43.5 Å². The lowest BCUT2D eigenvalue weighted by Crippen LogP contribution is -2.27. The van der Waals surface area contributed by atoms with E-state index in [9.17, 15) is 9.59 Å². The van der Waals surface area contributed by atoms with Crippen LogP contribution in [0.25, 0.3) is 0 Å². The monoisotopic (exact) mass is 347 g/mol. The van der Waals surface area contributed by atoms with Gasteiger partial charge in [-0.2, -0.15) is 0 Å². The molecule has 2 rings (SSSR count). The van der Waals surface area contributed by atoms with E-state index in [-0.39, 0.29) is 11.8 Å². The third kappa shape index (κ3) is 5.74. The first kappa shape index (κ1) is 19.2. The topological polar surface area (TPSA) is 84.7 Å². The van der Waals surface area contributed by atoms with Crippen LogP contribution in [0.1, 0.15) is 55.3 Å². The molecule has 0 spiro atoms. The van der Waals surface area contributed by atoms with Gasteiger partial charge in [0.2, 0.25) is 5.91 Å². The van der Waals surface area contributed by atoms with Crippen LogP contribution < -0.4 is 15.8 Å². The molecule has 1 saturated heterocycles. The summed E-state index contributed by atoms with van der Waals surface area (Å²) in [6.07, 6.45) is 6.43. The lowest BCUT2D eigenvalue weighted by atomic mass is 10.1. The predicted molar refractivity (Wildman–Crippen MR) is 98.9 cm³/mol. The number of anilines is 1. The number of likely N-dealkylation sites (tertiary alicyclic amines) is 1. The van der Waals surface area contributed by atoms with Gasteiger partial charge >= 0.3 is 0 Å². The molecule has 1 heterocycles. The van der Waals surface area contributed by atoms with Crippen molar-refractivity contribution in [3.63, 3.8) is 0 Å². The fraction of sp³-hybridized carbons (Fsp3) is 0.579. The van der Waals surface area contributed by atoms with E-state index in [0.717, 1.165) is 51.6 Å². The summed E-state index contributed by atoms with van der Waals surface area (Å²) >= 11 is 0. The van der Waals surface area contributed by atoms with E-state index in [1.165, 1.54) is 0 Å². The number of nitrogens with two attached hydrogens (primary N) is 1. The third-order valence-electron chi connectivity index (χ3n) is 4.47. The fourth-order valence-electron chi connectivity index (χ4n) is 3.04. The van der Waals surface area contributed by atoms with Gasteiger partial charge in [0.15, 0.2) is 0 Å². The Hall–Kier alpha value is -2.08. The van der Waals surface area contributed by atoms with E-state index >= 15 is 0 Å². The fourth-order valence-corrected chi connectivity index (χ4v) is 3.04. The zero-order valence-electron chi connectivity index (χ0n) is 15.1. The van der Waals surface area contributed by atoms with Gasteiger partial charge in [-0.15, -0.1) is 0 Å². The first-order chi connectivity index (χ1) is 12.2. The Labute approximate surface area is 149 Å². The van der Waals surface area contributed by atoms with Crippen LogP contribution in [0.4, 0.5) is 5.69 Å². The van der Waals surface area contributed by atoms with Crippen molar-refractivity contribution in [1.82, 2.24) is 4.90 Å². The van der Waals surface area contributed by atoms with Crippen molar-refractivity contribution in [2.75, 3.05) is 32.1 Å². The van der Waals surface area contributed by atoms with Gasteiger partial charge in [0.1, 0.15) is 5.75 Å². The van der Waals surface area contributed by atoms with Crippen LogP contribution in [0.3, 0.4) is 0 Å². The predicted octanol–water partition coefficient (Wildman–Crippen LogP) is 2.78. The number of benzene rings is 1. The van der Waals surface area contributed by atoms with Gasteiger partial charge in [0.25, 0.3) is 5.91 Å². The number of nitrogens with zero attached hydrogens (tertiary/aromatic N) is 1. The summed E-state index contributed by atoms with van der Waals surface area (Å²) in [6, 6.07) is 5.20. The summed E-state index contributed by atoms with van der Waals surface area (Å²) in [7, 11) is 1.56. The standard InChI is InChI=1S/C19H29N3O3/c1-25-17-10-9-15(19(24)22-12-6-7-13-22)14-16(17)21-18(23)8-4-2-3-5-11-20/h9-10,14H,2-8,11-13,20H2,1H3,(H,21,23). The minimum absolute atomic E-state index is 0.0115. The third-order valence-corrected chi connectivity index (χ3v) is 4.47. The molecule has 6 nitrogen and oxygen atoms in total. The van der Waals surface area contributed by atoms with Crippen LogP contribution >= 0.6 is 0 Å². The normalized spacial score (nSPS) is 13.8. The van der Waals surface area contributed by atoms with E-state index in [1.54, 1.807) is 25.3 Å². The van der Waals surface area contributed by atoms with Gasteiger partial charge in [-0.25, -0.2) is 0 Å².